The van der Waals surface area contributed by atoms with Crippen LogP contribution in [0.5, 0.6) is 5.75 Å². The number of carbonyl (C=O) groups is 1. The topological polar surface area (TPSA) is 55.0 Å². The third-order valence-electron chi connectivity index (χ3n) is 3.54. The van der Waals surface area contributed by atoms with Gasteiger partial charge < -0.3 is 4.74 Å². The lowest BCUT2D eigenvalue weighted by atomic mass is 9.99. The van der Waals surface area contributed by atoms with E-state index in [9.17, 15) is 4.79 Å². The molecule has 2 aromatic carbocycles. The number of nitrogens with zero attached hydrogens (tertiary/aromatic N) is 1. The van der Waals surface area contributed by atoms with E-state index in [1.807, 2.05) is 54.6 Å². The van der Waals surface area contributed by atoms with Crippen molar-refractivity contribution in [1.29, 1.82) is 0 Å². The van der Waals surface area contributed by atoms with Gasteiger partial charge in [-0.15, -0.1) is 0 Å². The Balaban J connectivity index is 2.12. The standard InChI is InChI=1S/C18H16N2O2/c1-12(21)16-17(13-6-4-3-5-7-13)19-20-18(16)14-8-10-15(22-2)11-9-14/h3-11H,1-2H3,(H,19,20). The van der Waals surface area contributed by atoms with Crippen molar-refractivity contribution in [2.75, 3.05) is 7.11 Å². The first-order valence-electron chi connectivity index (χ1n) is 7.00. The molecule has 3 aromatic rings. The van der Waals surface area contributed by atoms with E-state index in [-0.39, 0.29) is 5.78 Å². The third kappa shape index (κ3) is 2.51. The number of benzene rings is 2. The van der Waals surface area contributed by atoms with Crippen molar-refractivity contribution in [2.24, 2.45) is 0 Å². The van der Waals surface area contributed by atoms with Crippen LogP contribution >= 0.6 is 0 Å². The van der Waals surface area contributed by atoms with Gasteiger partial charge in [-0.2, -0.15) is 5.10 Å². The molecule has 0 unspecified atom stereocenters. The Hall–Kier alpha value is -2.88. The Morgan fingerprint density at radius 1 is 1.00 bits per heavy atom. The number of rotatable bonds is 4. The van der Waals surface area contributed by atoms with Gasteiger partial charge in [-0.25, -0.2) is 0 Å². The van der Waals surface area contributed by atoms with Crippen LogP contribution < -0.4 is 4.74 Å². The minimum Gasteiger partial charge on any atom is -0.497 e. The molecule has 110 valence electrons. The number of aromatic nitrogens is 2. The zero-order valence-corrected chi connectivity index (χ0v) is 12.5. The summed E-state index contributed by atoms with van der Waals surface area (Å²) in [5.41, 5.74) is 3.84. The number of aromatic amines is 1. The van der Waals surface area contributed by atoms with Crippen LogP contribution in [0.2, 0.25) is 0 Å². The number of methoxy groups -OCH3 is 1. The molecule has 1 heterocycles. The molecule has 22 heavy (non-hydrogen) atoms. The van der Waals surface area contributed by atoms with Crippen molar-refractivity contribution in [3.05, 3.63) is 60.2 Å². The van der Waals surface area contributed by atoms with E-state index in [0.717, 1.165) is 22.6 Å². The van der Waals surface area contributed by atoms with Crippen molar-refractivity contribution in [1.82, 2.24) is 10.2 Å². The SMILES string of the molecule is COc1ccc(-c2n[nH]c(-c3ccccc3)c2C(C)=O)cc1. The van der Waals surface area contributed by atoms with E-state index in [4.69, 9.17) is 4.74 Å². The lowest BCUT2D eigenvalue weighted by molar-refractivity contribution is 0.101. The molecule has 4 nitrogen and oxygen atoms in total. The summed E-state index contributed by atoms with van der Waals surface area (Å²) in [6.45, 7) is 1.56. The van der Waals surface area contributed by atoms with Gasteiger partial charge in [0.25, 0.3) is 0 Å². The Morgan fingerprint density at radius 2 is 1.68 bits per heavy atom. The van der Waals surface area contributed by atoms with Crippen LogP contribution in [-0.2, 0) is 0 Å². The minimum absolute atomic E-state index is 0.0154. The molecule has 0 saturated heterocycles. The van der Waals surface area contributed by atoms with Crippen LogP contribution in [0.3, 0.4) is 0 Å². The monoisotopic (exact) mass is 292 g/mol. The lowest BCUT2D eigenvalue weighted by Crippen LogP contribution is -1.96. The predicted octanol–water partition coefficient (Wildman–Crippen LogP) is 3.95. The fraction of sp³-hybridized carbons (Fsp3) is 0.111. The van der Waals surface area contributed by atoms with Gasteiger partial charge in [0.15, 0.2) is 5.78 Å². The molecule has 1 N–H and O–H groups in total. The molecular formula is C18H16N2O2. The third-order valence-corrected chi connectivity index (χ3v) is 3.54. The van der Waals surface area contributed by atoms with E-state index in [1.165, 1.54) is 0 Å². The fourth-order valence-electron chi connectivity index (χ4n) is 2.46. The summed E-state index contributed by atoms with van der Waals surface area (Å²) in [5.74, 6) is 0.755. The zero-order valence-electron chi connectivity index (χ0n) is 12.5. The maximum atomic E-state index is 12.1. The molecule has 3 rings (SSSR count). The smallest absolute Gasteiger partial charge is 0.164 e. The summed E-state index contributed by atoms with van der Waals surface area (Å²) in [6, 6.07) is 17.2. The minimum atomic E-state index is -0.0154. The summed E-state index contributed by atoms with van der Waals surface area (Å²) in [4.78, 5) is 12.1. The zero-order chi connectivity index (χ0) is 15.5. The van der Waals surface area contributed by atoms with Gasteiger partial charge >= 0.3 is 0 Å². The van der Waals surface area contributed by atoms with Crippen LogP contribution in [0.25, 0.3) is 22.5 Å². The maximum absolute atomic E-state index is 12.1. The summed E-state index contributed by atoms with van der Waals surface area (Å²) in [5, 5.41) is 7.35. The number of Topliss-reactive ketones (excluding diaryl/α,β-unsaturated/α-hetero) is 1. The van der Waals surface area contributed by atoms with Crippen molar-refractivity contribution in [3.8, 4) is 28.3 Å². The molecular weight excluding hydrogens is 276 g/mol. The van der Waals surface area contributed by atoms with Crippen LogP contribution in [0.15, 0.2) is 54.6 Å². The highest BCUT2D eigenvalue weighted by Crippen LogP contribution is 2.31. The van der Waals surface area contributed by atoms with Crippen molar-refractivity contribution in [3.63, 3.8) is 0 Å². The molecule has 0 aliphatic rings. The molecule has 0 aliphatic carbocycles. The Morgan fingerprint density at radius 3 is 2.27 bits per heavy atom. The first-order chi connectivity index (χ1) is 10.7. The van der Waals surface area contributed by atoms with Gasteiger partial charge in [-0.05, 0) is 31.2 Å². The number of ketones is 1. The van der Waals surface area contributed by atoms with Gasteiger partial charge in [0.05, 0.1) is 18.4 Å². The quantitative estimate of drug-likeness (QED) is 0.741. The van der Waals surface area contributed by atoms with E-state index in [0.29, 0.717) is 11.3 Å². The van der Waals surface area contributed by atoms with Crippen molar-refractivity contribution < 1.29 is 9.53 Å². The summed E-state index contributed by atoms with van der Waals surface area (Å²) in [6.07, 6.45) is 0. The number of nitrogens with one attached hydrogen (secondary N) is 1. The molecule has 0 fully saturated rings. The van der Waals surface area contributed by atoms with Gasteiger partial charge in [-0.3, -0.25) is 9.89 Å². The molecule has 0 atom stereocenters. The number of carbonyl (C=O) groups excluding carboxylic acids is 1. The van der Waals surface area contributed by atoms with Crippen LogP contribution in [0.4, 0.5) is 0 Å². The molecule has 1 aromatic heterocycles. The number of ether oxygens (including phenoxy) is 1. The first-order valence-corrected chi connectivity index (χ1v) is 7.00. The predicted molar refractivity (Wildman–Crippen MR) is 86.0 cm³/mol. The summed E-state index contributed by atoms with van der Waals surface area (Å²) in [7, 11) is 1.62. The Kier molecular flexibility index (Phi) is 3.74. The number of hydrogen-bond donors (Lipinski definition) is 1. The van der Waals surface area contributed by atoms with Gasteiger partial charge in [0.2, 0.25) is 0 Å². The van der Waals surface area contributed by atoms with E-state index in [2.05, 4.69) is 10.2 Å². The number of hydrogen-bond acceptors (Lipinski definition) is 3. The second-order valence-corrected chi connectivity index (χ2v) is 4.97. The molecule has 0 amide bonds. The lowest BCUT2D eigenvalue weighted by Gasteiger charge is -2.04. The van der Waals surface area contributed by atoms with Gasteiger partial charge in [0, 0.05) is 11.1 Å². The molecule has 0 aliphatic heterocycles. The van der Waals surface area contributed by atoms with E-state index >= 15 is 0 Å². The van der Waals surface area contributed by atoms with E-state index < -0.39 is 0 Å². The molecule has 0 spiro atoms. The van der Waals surface area contributed by atoms with Gasteiger partial charge in [0.1, 0.15) is 11.4 Å². The second-order valence-electron chi connectivity index (χ2n) is 4.97. The first kappa shape index (κ1) is 14.1. The Bertz CT molecular complexity index is 790. The average molecular weight is 292 g/mol. The molecule has 0 saturated carbocycles. The highest BCUT2D eigenvalue weighted by atomic mass is 16.5. The average Bonchev–Trinajstić information content (AvgIpc) is 3.01. The highest BCUT2D eigenvalue weighted by Gasteiger charge is 2.19. The Labute approximate surface area is 128 Å². The second kappa shape index (κ2) is 5.85. The molecule has 4 heteroatoms. The van der Waals surface area contributed by atoms with Crippen molar-refractivity contribution >= 4 is 5.78 Å². The highest BCUT2D eigenvalue weighted by molar-refractivity contribution is 6.05. The largest absolute Gasteiger partial charge is 0.497 e. The van der Waals surface area contributed by atoms with Crippen LogP contribution in [0.1, 0.15) is 17.3 Å². The molecule has 0 bridgehead atoms. The summed E-state index contributed by atoms with van der Waals surface area (Å²) >= 11 is 0. The normalized spacial score (nSPS) is 10.5. The summed E-state index contributed by atoms with van der Waals surface area (Å²) < 4.78 is 5.16. The number of H-pyrrole nitrogens is 1. The van der Waals surface area contributed by atoms with Crippen LogP contribution in [-0.4, -0.2) is 23.1 Å². The van der Waals surface area contributed by atoms with Gasteiger partial charge in [-0.1, -0.05) is 30.3 Å². The van der Waals surface area contributed by atoms with Crippen molar-refractivity contribution in [2.45, 2.75) is 6.92 Å². The van der Waals surface area contributed by atoms with E-state index in [1.54, 1.807) is 14.0 Å². The van der Waals surface area contributed by atoms with Crippen LogP contribution in [0, 0.1) is 0 Å². The fourth-order valence-corrected chi connectivity index (χ4v) is 2.46. The molecule has 0 radical (unpaired) electrons. The maximum Gasteiger partial charge on any atom is 0.164 e.